The smallest absolute Gasteiger partial charge is 0.230 e. The van der Waals surface area contributed by atoms with Gasteiger partial charge in [0, 0.05) is 28.2 Å². The second-order valence-electron chi connectivity index (χ2n) is 5.84. The molecule has 0 spiro atoms. The number of hydrogen-bond acceptors (Lipinski definition) is 7. The molecule has 0 aromatic carbocycles. The number of carbonyl (C=O) groups excluding carboxylic acids is 1. The standard InChI is InChI=1S/C18H20N4OS3/c1-11-8-12(2)21-18(20-11)25-10-17(23)19-7-6-14-4-5-16(26-14)15-9-24-13(3)22-15/h4-5,8-9H,6-7,10H2,1-3H3,(H,19,23). The van der Waals surface area contributed by atoms with Gasteiger partial charge in [0.25, 0.3) is 0 Å². The Morgan fingerprint density at radius 3 is 2.62 bits per heavy atom. The molecule has 136 valence electrons. The monoisotopic (exact) mass is 404 g/mol. The molecule has 0 fully saturated rings. The Bertz CT molecular complexity index is 883. The number of hydrogen-bond donors (Lipinski definition) is 1. The second kappa shape index (κ2) is 8.75. The topological polar surface area (TPSA) is 67.8 Å². The van der Waals surface area contributed by atoms with E-state index in [2.05, 4.69) is 37.8 Å². The first-order valence-corrected chi connectivity index (χ1v) is 10.9. The van der Waals surface area contributed by atoms with Gasteiger partial charge in [-0.05, 0) is 45.4 Å². The summed E-state index contributed by atoms with van der Waals surface area (Å²) >= 11 is 4.76. The van der Waals surface area contributed by atoms with Crippen LogP contribution in [0.25, 0.3) is 10.6 Å². The maximum absolute atomic E-state index is 12.0. The number of aryl methyl sites for hydroxylation is 3. The zero-order valence-corrected chi connectivity index (χ0v) is 17.4. The van der Waals surface area contributed by atoms with Crippen LogP contribution < -0.4 is 5.32 Å². The Kier molecular flexibility index (Phi) is 6.39. The molecule has 0 aliphatic carbocycles. The van der Waals surface area contributed by atoms with Crippen molar-refractivity contribution >= 4 is 40.3 Å². The van der Waals surface area contributed by atoms with Crippen molar-refractivity contribution in [3.63, 3.8) is 0 Å². The third-order valence-corrected chi connectivity index (χ3v) is 6.31. The summed E-state index contributed by atoms with van der Waals surface area (Å²) in [7, 11) is 0. The fourth-order valence-electron chi connectivity index (χ4n) is 2.39. The Hall–Kier alpha value is -1.77. The molecule has 3 aromatic heterocycles. The van der Waals surface area contributed by atoms with Crippen molar-refractivity contribution in [1.29, 1.82) is 0 Å². The average Bonchev–Trinajstić information content (AvgIpc) is 3.21. The number of nitrogens with one attached hydrogen (secondary N) is 1. The number of amides is 1. The minimum atomic E-state index is 0.00432. The summed E-state index contributed by atoms with van der Waals surface area (Å²) in [5.74, 6) is 0.334. The van der Waals surface area contributed by atoms with E-state index in [-0.39, 0.29) is 5.91 Å². The highest BCUT2D eigenvalue weighted by atomic mass is 32.2. The van der Waals surface area contributed by atoms with E-state index < -0.39 is 0 Å². The number of thiazole rings is 1. The Balaban J connectivity index is 1.43. The normalized spacial score (nSPS) is 10.9. The van der Waals surface area contributed by atoms with Crippen LogP contribution in [-0.2, 0) is 11.2 Å². The molecule has 1 N–H and O–H groups in total. The average molecular weight is 405 g/mol. The molecule has 0 saturated carbocycles. The van der Waals surface area contributed by atoms with Gasteiger partial charge in [0.15, 0.2) is 5.16 Å². The van der Waals surface area contributed by atoms with Crippen molar-refractivity contribution in [2.45, 2.75) is 32.3 Å². The lowest BCUT2D eigenvalue weighted by atomic mass is 10.3. The van der Waals surface area contributed by atoms with Crippen LogP contribution >= 0.6 is 34.4 Å². The quantitative estimate of drug-likeness (QED) is 0.475. The molecule has 26 heavy (non-hydrogen) atoms. The maximum atomic E-state index is 12.0. The van der Waals surface area contributed by atoms with Crippen molar-refractivity contribution in [3.8, 4) is 10.6 Å². The summed E-state index contributed by atoms with van der Waals surface area (Å²) in [5, 5.41) is 6.77. The molecule has 3 rings (SSSR count). The molecule has 0 aliphatic heterocycles. The van der Waals surface area contributed by atoms with Crippen LogP contribution in [0.1, 0.15) is 21.3 Å². The number of nitrogens with zero attached hydrogens (tertiary/aromatic N) is 3. The van der Waals surface area contributed by atoms with Gasteiger partial charge in [-0.3, -0.25) is 4.79 Å². The first-order valence-electron chi connectivity index (χ1n) is 8.22. The number of carbonyl (C=O) groups is 1. The highest BCUT2D eigenvalue weighted by Gasteiger charge is 2.08. The summed E-state index contributed by atoms with van der Waals surface area (Å²) in [5.41, 5.74) is 2.88. The zero-order chi connectivity index (χ0) is 18.5. The lowest BCUT2D eigenvalue weighted by Crippen LogP contribution is -2.27. The molecular formula is C18H20N4OS3. The fourth-order valence-corrected chi connectivity index (χ4v) is 4.83. The van der Waals surface area contributed by atoms with E-state index in [9.17, 15) is 4.79 Å². The van der Waals surface area contributed by atoms with Gasteiger partial charge >= 0.3 is 0 Å². The van der Waals surface area contributed by atoms with Crippen LogP contribution in [-0.4, -0.2) is 33.2 Å². The molecule has 0 radical (unpaired) electrons. The molecule has 3 heterocycles. The predicted molar refractivity (Wildman–Crippen MR) is 109 cm³/mol. The van der Waals surface area contributed by atoms with Crippen LogP contribution in [0.4, 0.5) is 0 Å². The van der Waals surface area contributed by atoms with E-state index in [4.69, 9.17) is 0 Å². The van der Waals surface area contributed by atoms with Gasteiger partial charge < -0.3 is 5.32 Å². The molecule has 0 bridgehead atoms. The number of thiophene rings is 1. The van der Waals surface area contributed by atoms with Gasteiger partial charge in [0.2, 0.25) is 5.91 Å². The van der Waals surface area contributed by atoms with Gasteiger partial charge in [-0.1, -0.05) is 11.8 Å². The summed E-state index contributed by atoms with van der Waals surface area (Å²) in [4.78, 5) is 27.6. The van der Waals surface area contributed by atoms with E-state index in [1.807, 2.05) is 26.8 Å². The van der Waals surface area contributed by atoms with Gasteiger partial charge in [-0.25, -0.2) is 15.0 Å². The molecule has 5 nitrogen and oxygen atoms in total. The SMILES string of the molecule is Cc1cc(C)nc(SCC(=O)NCCc2ccc(-c3csc(C)n3)s2)n1. The highest BCUT2D eigenvalue weighted by Crippen LogP contribution is 2.29. The molecule has 8 heteroatoms. The van der Waals surface area contributed by atoms with Gasteiger partial charge in [-0.15, -0.1) is 22.7 Å². The van der Waals surface area contributed by atoms with Crippen molar-refractivity contribution in [3.05, 3.63) is 44.9 Å². The number of aromatic nitrogens is 3. The van der Waals surface area contributed by atoms with Crippen molar-refractivity contribution in [1.82, 2.24) is 20.3 Å². The van der Waals surface area contributed by atoms with Crippen molar-refractivity contribution in [2.24, 2.45) is 0 Å². The molecule has 0 atom stereocenters. The lowest BCUT2D eigenvalue weighted by Gasteiger charge is -2.05. The Morgan fingerprint density at radius 2 is 1.92 bits per heavy atom. The first kappa shape index (κ1) is 19.0. The van der Waals surface area contributed by atoms with E-state index in [1.54, 1.807) is 22.7 Å². The van der Waals surface area contributed by atoms with E-state index in [0.29, 0.717) is 17.5 Å². The summed E-state index contributed by atoms with van der Waals surface area (Å²) < 4.78 is 0. The lowest BCUT2D eigenvalue weighted by molar-refractivity contribution is -0.118. The third kappa shape index (κ3) is 5.36. The van der Waals surface area contributed by atoms with Crippen LogP contribution in [0.5, 0.6) is 0 Å². The molecule has 0 saturated heterocycles. The largest absolute Gasteiger partial charge is 0.355 e. The van der Waals surface area contributed by atoms with Crippen LogP contribution in [0.3, 0.4) is 0 Å². The molecule has 0 aliphatic rings. The van der Waals surface area contributed by atoms with Gasteiger partial charge in [-0.2, -0.15) is 0 Å². The van der Waals surface area contributed by atoms with E-state index >= 15 is 0 Å². The fraction of sp³-hybridized carbons (Fsp3) is 0.333. The minimum absolute atomic E-state index is 0.00432. The summed E-state index contributed by atoms with van der Waals surface area (Å²) in [6.07, 6.45) is 0.824. The zero-order valence-electron chi connectivity index (χ0n) is 14.9. The molecule has 1 amide bonds. The molecular weight excluding hydrogens is 384 g/mol. The molecule has 3 aromatic rings. The van der Waals surface area contributed by atoms with Gasteiger partial charge in [0.1, 0.15) is 0 Å². The van der Waals surface area contributed by atoms with Crippen LogP contribution in [0.2, 0.25) is 0 Å². The third-order valence-electron chi connectivity index (χ3n) is 3.52. The first-order chi connectivity index (χ1) is 12.5. The predicted octanol–water partition coefficient (Wildman–Crippen LogP) is 4.04. The van der Waals surface area contributed by atoms with Crippen LogP contribution in [0, 0.1) is 20.8 Å². The Labute approximate surface area is 165 Å². The number of thioether (sulfide) groups is 1. The summed E-state index contributed by atoms with van der Waals surface area (Å²) in [6, 6.07) is 6.13. The Morgan fingerprint density at radius 1 is 1.15 bits per heavy atom. The van der Waals surface area contributed by atoms with Gasteiger partial charge in [0.05, 0.1) is 21.3 Å². The van der Waals surface area contributed by atoms with Crippen molar-refractivity contribution < 1.29 is 4.79 Å². The summed E-state index contributed by atoms with van der Waals surface area (Å²) in [6.45, 7) is 6.50. The number of rotatable bonds is 7. The van der Waals surface area contributed by atoms with Crippen molar-refractivity contribution in [2.75, 3.05) is 12.3 Å². The maximum Gasteiger partial charge on any atom is 0.230 e. The highest BCUT2D eigenvalue weighted by molar-refractivity contribution is 7.99. The van der Waals surface area contributed by atoms with Crippen LogP contribution in [0.15, 0.2) is 28.7 Å². The van der Waals surface area contributed by atoms with E-state index in [0.717, 1.165) is 28.5 Å². The van der Waals surface area contributed by atoms with E-state index in [1.165, 1.54) is 21.5 Å². The minimum Gasteiger partial charge on any atom is -0.355 e. The second-order valence-corrected chi connectivity index (χ2v) is 9.01. The molecule has 0 unspecified atom stereocenters.